The molecule has 5 heteroatoms. The molecule has 17 heavy (non-hydrogen) atoms. The summed E-state index contributed by atoms with van der Waals surface area (Å²) in [6.45, 7) is 0. The van der Waals surface area contributed by atoms with Crippen LogP contribution >= 0.6 is 11.6 Å². The number of hydrogen-bond donors (Lipinski definition) is 2. The van der Waals surface area contributed by atoms with Gasteiger partial charge in [-0.05, 0) is 24.3 Å². The lowest BCUT2D eigenvalue weighted by atomic mass is 10.2. The van der Waals surface area contributed by atoms with Crippen molar-refractivity contribution in [3.05, 3.63) is 41.7 Å². The Morgan fingerprint density at radius 2 is 2.12 bits per heavy atom. The Balaban J connectivity index is 2.23. The molecule has 2 N–H and O–H groups in total. The second-order valence-corrected chi connectivity index (χ2v) is 4.08. The van der Waals surface area contributed by atoms with Gasteiger partial charge in [-0.15, -0.1) is 0 Å². The number of nitrogens with one attached hydrogen (secondary N) is 1. The predicted molar refractivity (Wildman–Crippen MR) is 66.0 cm³/mol. The van der Waals surface area contributed by atoms with E-state index in [1.165, 1.54) is 0 Å². The first kappa shape index (κ1) is 10.1. The molecule has 0 radical (unpaired) electrons. The van der Waals surface area contributed by atoms with E-state index in [1.807, 2.05) is 0 Å². The number of pyridine rings is 1. The summed E-state index contributed by atoms with van der Waals surface area (Å²) in [6.07, 6.45) is 3.36. The van der Waals surface area contributed by atoms with Crippen molar-refractivity contribution in [2.75, 3.05) is 0 Å². The summed E-state index contributed by atoms with van der Waals surface area (Å²) >= 11 is 5.90. The van der Waals surface area contributed by atoms with Crippen LogP contribution in [0.25, 0.3) is 22.4 Å². The summed E-state index contributed by atoms with van der Waals surface area (Å²) in [5.41, 5.74) is 2.20. The van der Waals surface area contributed by atoms with Crippen LogP contribution in [0.1, 0.15) is 0 Å². The molecule has 0 saturated carbocycles. The van der Waals surface area contributed by atoms with Crippen LogP contribution in [-0.2, 0) is 0 Å². The van der Waals surface area contributed by atoms with Crippen LogP contribution in [0, 0.1) is 0 Å². The molecule has 84 valence electrons. The Bertz CT molecular complexity index is 660. The molecule has 2 aromatic heterocycles. The molecule has 0 fully saturated rings. The highest BCUT2D eigenvalue weighted by Gasteiger charge is 2.09. The molecule has 2 heterocycles. The molecule has 0 bridgehead atoms. The van der Waals surface area contributed by atoms with Gasteiger partial charge < -0.3 is 10.1 Å². The van der Waals surface area contributed by atoms with E-state index in [9.17, 15) is 5.11 Å². The number of phenolic OH excluding ortho intramolecular Hbond substituents is 1. The first-order valence-electron chi connectivity index (χ1n) is 5.02. The number of aromatic hydroxyl groups is 1. The third-order valence-electron chi connectivity index (χ3n) is 2.50. The summed E-state index contributed by atoms with van der Waals surface area (Å²) in [4.78, 5) is 11.5. The molecule has 4 nitrogen and oxygen atoms in total. The Hall–Kier alpha value is -2.07. The van der Waals surface area contributed by atoms with Crippen molar-refractivity contribution in [2.24, 2.45) is 0 Å². The second-order valence-electron chi connectivity index (χ2n) is 3.64. The van der Waals surface area contributed by atoms with Gasteiger partial charge in [-0.2, -0.15) is 0 Å². The number of rotatable bonds is 1. The molecule has 0 atom stereocenters. The predicted octanol–water partition coefficient (Wildman–Crippen LogP) is 2.98. The van der Waals surface area contributed by atoms with Crippen molar-refractivity contribution in [1.29, 1.82) is 0 Å². The average Bonchev–Trinajstić information content (AvgIpc) is 2.75. The SMILES string of the molecule is Oc1ccc(Cl)cc1-c1nc2ccncc2[nH]1. The summed E-state index contributed by atoms with van der Waals surface area (Å²) in [7, 11) is 0. The summed E-state index contributed by atoms with van der Waals surface area (Å²) < 4.78 is 0. The van der Waals surface area contributed by atoms with Crippen molar-refractivity contribution in [3.63, 3.8) is 0 Å². The van der Waals surface area contributed by atoms with Crippen LogP contribution in [-0.4, -0.2) is 20.1 Å². The van der Waals surface area contributed by atoms with E-state index in [0.717, 1.165) is 11.0 Å². The van der Waals surface area contributed by atoms with Gasteiger partial charge in [0, 0.05) is 11.2 Å². The molecule has 3 rings (SSSR count). The molecular formula is C12H8ClN3O. The van der Waals surface area contributed by atoms with E-state index in [2.05, 4.69) is 15.0 Å². The van der Waals surface area contributed by atoms with Crippen molar-refractivity contribution in [2.45, 2.75) is 0 Å². The van der Waals surface area contributed by atoms with Gasteiger partial charge in [0.25, 0.3) is 0 Å². The first-order chi connectivity index (χ1) is 8.24. The Morgan fingerprint density at radius 3 is 2.94 bits per heavy atom. The summed E-state index contributed by atoms with van der Waals surface area (Å²) in [5.74, 6) is 0.717. The number of fused-ring (bicyclic) bond motifs is 1. The highest BCUT2D eigenvalue weighted by Crippen LogP contribution is 2.30. The van der Waals surface area contributed by atoms with Crippen LogP contribution in [0.3, 0.4) is 0 Å². The van der Waals surface area contributed by atoms with Crippen LogP contribution in [0.2, 0.25) is 5.02 Å². The van der Waals surface area contributed by atoms with E-state index in [0.29, 0.717) is 16.4 Å². The van der Waals surface area contributed by atoms with E-state index >= 15 is 0 Å². The number of phenols is 1. The highest BCUT2D eigenvalue weighted by atomic mass is 35.5. The van der Waals surface area contributed by atoms with Gasteiger partial charge >= 0.3 is 0 Å². The molecule has 0 amide bonds. The number of H-pyrrole nitrogens is 1. The molecule has 0 spiro atoms. The van der Waals surface area contributed by atoms with Crippen LogP contribution in [0.5, 0.6) is 5.75 Å². The minimum absolute atomic E-state index is 0.140. The van der Waals surface area contributed by atoms with E-state index in [-0.39, 0.29) is 5.75 Å². The molecule has 0 aliphatic carbocycles. The fourth-order valence-electron chi connectivity index (χ4n) is 1.68. The zero-order valence-corrected chi connectivity index (χ0v) is 9.44. The smallest absolute Gasteiger partial charge is 0.142 e. The van der Waals surface area contributed by atoms with Gasteiger partial charge in [-0.1, -0.05) is 11.6 Å². The maximum Gasteiger partial charge on any atom is 0.142 e. The number of hydrogen-bond acceptors (Lipinski definition) is 3. The zero-order chi connectivity index (χ0) is 11.8. The van der Waals surface area contributed by atoms with E-state index in [1.54, 1.807) is 36.7 Å². The maximum atomic E-state index is 9.78. The largest absolute Gasteiger partial charge is 0.507 e. The van der Waals surface area contributed by atoms with Gasteiger partial charge in [-0.25, -0.2) is 4.98 Å². The topological polar surface area (TPSA) is 61.8 Å². The van der Waals surface area contributed by atoms with Gasteiger partial charge in [0.1, 0.15) is 11.6 Å². The van der Waals surface area contributed by atoms with Gasteiger partial charge in [0.2, 0.25) is 0 Å². The standard InChI is InChI=1S/C12H8ClN3O/c13-7-1-2-11(17)8(5-7)12-15-9-3-4-14-6-10(9)16-12/h1-6,17H,(H,15,16). The summed E-state index contributed by atoms with van der Waals surface area (Å²) in [5, 5.41) is 10.3. The molecule has 0 aliphatic heterocycles. The lowest BCUT2D eigenvalue weighted by Crippen LogP contribution is -1.81. The van der Waals surface area contributed by atoms with Crippen molar-refractivity contribution >= 4 is 22.6 Å². The number of halogens is 1. The number of aromatic amines is 1. The number of aromatic nitrogens is 3. The minimum Gasteiger partial charge on any atom is -0.507 e. The van der Waals surface area contributed by atoms with Crippen LogP contribution < -0.4 is 0 Å². The van der Waals surface area contributed by atoms with E-state index in [4.69, 9.17) is 11.6 Å². The van der Waals surface area contributed by atoms with Gasteiger partial charge in [0.05, 0.1) is 22.8 Å². The number of imidazole rings is 1. The molecule has 0 aliphatic rings. The van der Waals surface area contributed by atoms with Crippen molar-refractivity contribution in [1.82, 2.24) is 15.0 Å². The fourth-order valence-corrected chi connectivity index (χ4v) is 1.85. The van der Waals surface area contributed by atoms with E-state index < -0.39 is 0 Å². The lowest BCUT2D eigenvalue weighted by molar-refractivity contribution is 0.477. The Kier molecular flexibility index (Phi) is 2.23. The van der Waals surface area contributed by atoms with Crippen LogP contribution in [0.4, 0.5) is 0 Å². The monoisotopic (exact) mass is 245 g/mol. The van der Waals surface area contributed by atoms with Crippen molar-refractivity contribution < 1.29 is 5.11 Å². The third-order valence-corrected chi connectivity index (χ3v) is 2.73. The normalized spacial score (nSPS) is 10.9. The number of nitrogens with zero attached hydrogens (tertiary/aromatic N) is 2. The van der Waals surface area contributed by atoms with Gasteiger partial charge in [-0.3, -0.25) is 4.98 Å². The Labute approximate surface area is 102 Å². The second kappa shape index (κ2) is 3.75. The van der Waals surface area contributed by atoms with Crippen LogP contribution in [0.15, 0.2) is 36.7 Å². The van der Waals surface area contributed by atoms with Gasteiger partial charge in [0.15, 0.2) is 0 Å². The minimum atomic E-state index is 0.140. The zero-order valence-electron chi connectivity index (χ0n) is 8.68. The quantitative estimate of drug-likeness (QED) is 0.693. The molecule has 3 aromatic rings. The number of benzene rings is 1. The molecular weight excluding hydrogens is 238 g/mol. The summed E-state index contributed by atoms with van der Waals surface area (Å²) in [6, 6.07) is 6.65. The molecule has 0 saturated heterocycles. The Morgan fingerprint density at radius 1 is 1.24 bits per heavy atom. The maximum absolute atomic E-state index is 9.78. The first-order valence-corrected chi connectivity index (χ1v) is 5.40. The lowest BCUT2D eigenvalue weighted by Gasteiger charge is -2.00. The third kappa shape index (κ3) is 1.72. The molecule has 0 unspecified atom stereocenters. The highest BCUT2D eigenvalue weighted by molar-refractivity contribution is 6.30. The fraction of sp³-hybridized carbons (Fsp3) is 0. The average molecular weight is 246 g/mol. The molecule has 1 aromatic carbocycles. The van der Waals surface area contributed by atoms with Crippen molar-refractivity contribution in [3.8, 4) is 17.1 Å².